The van der Waals surface area contributed by atoms with E-state index < -0.39 is 53.1 Å². The predicted molar refractivity (Wildman–Crippen MR) is 192 cm³/mol. The van der Waals surface area contributed by atoms with E-state index in [1.54, 1.807) is 78.7 Å². The molecule has 1 saturated heterocycles. The smallest absolute Gasteiger partial charge is 0.410 e. The standard InChI is InChI=1S/C37H51FN8O6/c1-23(43(9)35(51)52-37(6,7)8)31(48)42-30(36(3,4)5)33(50)46-20-27(40-24(2)47)19-28(46)21-44(18-15-25-11-13-26(38)14-12-25)32(49)29-22-45-17-10-16-39-34(45)41-29/h10-14,16-17,22-23,27-28,30H,15,18-21H2,1-9H3,(H,40,47)(H,42,48). The number of fused-ring (bicyclic) bond motifs is 1. The van der Waals surface area contributed by atoms with Crippen LogP contribution in [0.3, 0.4) is 0 Å². The molecule has 1 aliphatic heterocycles. The van der Waals surface area contributed by atoms with Crippen LogP contribution < -0.4 is 10.6 Å². The summed E-state index contributed by atoms with van der Waals surface area (Å²) in [6.07, 6.45) is 4.97. The number of ether oxygens (including phenoxy) is 1. The van der Waals surface area contributed by atoms with Crippen LogP contribution in [0.1, 0.15) is 77.9 Å². The second kappa shape index (κ2) is 16.1. The minimum absolute atomic E-state index is 0.0890. The van der Waals surface area contributed by atoms with Gasteiger partial charge >= 0.3 is 6.09 Å². The fourth-order valence-electron chi connectivity index (χ4n) is 6.04. The Balaban J connectivity index is 1.62. The minimum Gasteiger partial charge on any atom is -0.444 e. The van der Waals surface area contributed by atoms with E-state index in [0.29, 0.717) is 18.6 Å². The first kappa shape index (κ1) is 39.7. The molecule has 15 heteroatoms. The summed E-state index contributed by atoms with van der Waals surface area (Å²) >= 11 is 0. The average molecular weight is 723 g/mol. The number of rotatable bonds is 11. The van der Waals surface area contributed by atoms with E-state index in [9.17, 15) is 28.4 Å². The van der Waals surface area contributed by atoms with Gasteiger partial charge in [0.15, 0.2) is 0 Å². The summed E-state index contributed by atoms with van der Waals surface area (Å²) in [5.41, 5.74) is -0.561. The number of hydrogen-bond donors (Lipinski definition) is 2. The second-order valence-corrected chi connectivity index (χ2v) is 15.4. The molecule has 5 amide bonds. The van der Waals surface area contributed by atoms with Crippen molar-refractivity contribution in [2.45, 2.75) is 98.0 Å². The van der Waals surface area contributed by atoms with E-state index in [2.05, 4.69) is 20.6 Å². The van der Waals surface area contributed by atoms with Crippen molar-refractivity contribution in [3.63, 3.8) is 0 Å². The third-order valence-electron chi connectivity index (χ3n) is 8.90. The highest BCUT2D eigenvalue weighted by Crippen LogP contribution is 2.27. The van der Waals surface area contributed by atoms with Gasteiger partial charge in [0.05, 0.1) is 6.04 Å². The Bertz CT molecular complexity index is 1730. The summed E-state index contributed by atoms with van der Waals surface area (Å²) in [5.74, 6) is -1.62. The Morgan fingerprint density at radius 1 is 1.08 bits per heavy atom. The molecule has 0 radical (unpaired) electrons. The van der Waals surface area contributed by atoms with Crippen molar-refractivity contribution in [3.05, 3.63) is 66.0 Å². The van der Waals surface area contributed by atoms with Gasteiger partial charge in [-0.1, -0.05) is 32.9 Å². The van der Waals surface area contributed by atoms with E-state index >= 15 is 0 Å². The van der Waals surface area contributed by atoms with Crippen LogP contribution in [-0.4, -0.2) is 115 Å². The van der Waals surface area contributed by atoms with E-state index in [1.165, 1.54) is 31.0 Å². The van der Waals surface area contributed by atoms with Crippen LogP contribution in [0.15, 0.2) is 48.9 Å². The van der Waals surface area contributed by atoms with Crippen molar-refractivity contribution in [3.8, 4) is 0 Å². The van der Waals surface area contributed by atoms with Gasteiger partial charge in [-0.15, -0.1) is 0 Å². The van der Waals surface area contributed by atoms with Crippen LogP contribution in [0.4, 0.5) is 9.18 Å². The molecule has 3 aromatic rings. The van der Waals surface area contributed by atoms with E-state index in [4.69, 9.17) is 4.74 Å². The van der Waals surface area contributed by atoms with Gasteiger partial charge in [0.2, 0.25) is 23.5 Å². The minimum atomic E-state index is -1.03. The third kappa shape index (κ3) is 10.3. The first-order chi connectivity index (χ1) is 24.2. The van der Waals surface area contributed by atoms with Crippen LogP contribution in [0.2, 0.25) is 0 Å². The SMILES string of the molecule is CC(=O)NC1CC(CN(CCc2ccc(F)cc2)C(=O)c2cn3cccnc3n2)N(C(=O)C(NC(=O)C(C)N(C)C(=O)OC(C)(C)C)C(C)(C)C)C1. The lowest BCUT2D eigenvalue weighted by Crippen LogP contribution is -2.60. The summed E-state index contributed by atoms with van der Waals surface area (Å²) < 4.78 is 20.7. The lowest BCUT2D eigenvalue weighted by Gasteiger charge is -2.38. The molecule has 1 fully saturated rings. The van der Waals surface area contributed by atoms with Crippen LogP contribution in [0.25, 0.3) is 5.78 Å². The number of likely N-dealkylation sites (N-methyl/N-ethyl adjacent to an activating group) is 1. The maximum atomic E-state index is 14.6. The van der Waals surface area contributed by atoms with Crippen molar-refractivity contribution in [1.82, 2.24) is 39.7 Å². The molecule has 2 N–H and O–H groups in total. The van der Waals surface area contributed by atoms with Gasteiger partial charge in [-0.2, -0.15) is 0 Å². The molecule has 2 aromatic heterocycles. The summed E-state index contributed by atoms with van der Waals surface area (Å²) in [7, 11) is 1.46. The number of imidazole rings is 1. The summed E-state index contributed by atoms with van der Waals surface area (Å²) in [4.78, 5) is 80.2. The molecule has 1 aromatic carbocycles. The molecule has 14 nitrogen and oxygen atoms in total. The average Bonchev–Trinajstić information content (AvgIpc) is 3.67. The van der Waals surface area contributed by atoms with Crippen LogP contribution in [-0.2, 0) is 25.5 Å². The van der Waals surface area contributed by atoms with Gasteiger partial charge in [0.25, 0.3) is 5.91 Å². The number of aromatic nitrogens is 3. The zero-order valence-electron chi connectivity index (χ0n) is 31.5. The summed E-state index contributed by atoms with van der Waals surface area (Å²) in [6, 6.07) is 4.80. The molecule has 0 bridgehead atoms. The lowest BCUT2D eigenvalue weighted by molar-refractivity contribution is -0.141. The predicted octanol–water partition coefficient (Wildman–Crippen LogP) is 3.45. The maximum absolute atomic E-state index is 14.6. The quantitative estimate of drug-likeness (QED) is 0.305. The zero-order chi connectivity index (χ0) is 38.5. The normalized spacial score (nSPS) is 17.3. The molecular formula is C37H51FN8O6. The monoisotopic (exact) mass is 722 g/mol. The number of nitrogens with one attached hydrogen (secondary N) is 2. The fraction of sp³-hybridized carbons (Fsp3) is 0.541. The second-order valence-electron chi connectivity index (χ2n) is 15.4. The Hall–Kier alpha value is -5.08. The topological polar surface area (TPSA) is 159 Å². The highest BCUT2D eigenvalue weighted by molar-refractivity contribution is 5.93. The van der Waals surface area contributed by atoms with Crippen LogP contribution in [0.5, 0.6) is 0 Å². The molecule has 0 saturated carbocycles. The van der Waals surface area contributed by atoms with Gasteiger partial charge < -0.3 is 25.2 Å². The molecule has 282 valence electrons. The van der Waals surface area contributed by atoms with Crippen molar-refractivity contribution >= 4 is 35.5 Å². The number of carbonyl (C=O) groups is 5. The molecule has 1 aliphatic rings. The van der Waals surface area contributed by atoms with E-state index in [1.807, 2.05) is 20.8 Å². The number of nitrogens with zero attached hydrogens (tertiary/aromatic N) is 6. The van der Waals surface area contributed by atoms with E-state index in [-0.39, 0.29) is 43.0 Å². The van der Waals surface area contributed by atoms with Crippen molar-refractivity contribution in [2.24, 2.45) is 5.41 Å². The fourth-order valence-corrected chi connectivity index (χ4v) is 6.04. The zero-order valence-corrected chi connectivity index (χ0v) is 31.5. The first-order valence-electron chi connectivity index (χ1n) is 17.4. The van der Waals surface area contributed by atoms with Crippen molar-refractivity contribution in [2.75, 3.05) is 26.7 Å². The van der Waals surface area contributed by atoms with Gasteiger partial charge in [-0.3, -0.25) is 28.5 Å². The van der Waals surface area contributed by atoms with Gasteiger partial charge in [-0.05, 0) is 69.7 Å². The number of carbonyl (C=O) groups excluding carboxylic acids is 5. The van der Waals surface area contributed by atoms with Gasteiger partial charge in [-0.25, -0.2) is 19.2 Å². The summed E-state index contributed by atoms with van der Waals surface area (Å²) in [6.45, 7) is 14.1. The first-order valence-corrected chi connectivity index (χ1v) is 17.4. The Kier molecular flexibility index (Phi) is 12.3. The Morgan fingerprint density at radius 2 is 1.75 bits per heavy atom. The highest BCUT2D eigenvalue weighted by Gasteiger charge is 2.44. The molecule has 0 aliphatic carbocycles. The number of halogens is 1. The number of likely N-dealkylation sites (tertiary alicyclic amines) is 1. The molecular weight excluding hydrogens is 671 g/mol. The molecule has 0 spiro atoms. The van der Waals surface area contributed by atoms with Crippen molar-refractivity contribution in [1.29, 1.82) is 0 Å². The number of benzene rings is 1. The molecule has 3 heterocycles. The van der Waals surface area contributed by atoms with Crippen LogP contribution in [0, 0.1) is 11.2 Å². The highest BCUT2D eigenvalue weighted by atomic mass is 19.1. The molecule has 52 heavy (non-hydrogen) atoms. The Morgan fingerprint density at radius 3 is 2.35 bits per heavy atom. The van der Waals surface area contributed by atoms with Gasteiger partial charge in [0, 0.05) is 58.2 Å². The van der Waals surface area contributed by atoms with Gasteiger partial charge in [0.1, 0.15) is 29.2 Å². The number of hydrogen-bond acceptors (Lipinski definition) is 8. The van der Waals surface area contributed by atoms with Crippen LogP contribution >= 0.6 is 0 Å². The van der Waals surface area contributed by atoms with Crippen molar-refractivity contribution < 1.29 is 33.1 Å². The summed E-state index contributed by atoms with van der Waals surface area (Å²) in [5, 5.41) is 5.79. The largest absolute Gasteiger partial charge is 0.444 e. The lowest BCUT2D eigenvalue weighted by atomic mass is 9.85. The Labute approximate surface area is 304 Å². The third-order valence-corrected chi connectivity index (χ3v) is 8.90. The molecule has 4 unspecified atom stereocenters. The maximum Gasteiger partial charge on any atom is 0.410 e. The number of amides is 5. The molecule has 4 atom stereocenters. The molecule has 4 rings (SSSR count). The van der Waals surface area contributed by atoms with E-state index in [0.717, 1.165) is 5.56 Å².